The van der Waals surface area contributed by atoms with Crippen molar-refractivity contribution < 1.29 is 5.11 Å². The van der Waals surface area contributed by atoms with E-state index in [0.29, 0.717) is 17.9 Å². The van der Waals surface area contributed by atoms with Gasteiger partial charge in [0.2, 0.25) is 0 Å². The summed E-state index contributed by atoms with van der Waals surface area (Å²) in [4.78, 5) is 4.93. The number of aliphatic hydroxyl groups excluding tert-OH is 1. The van der Waals surface area contributed by atoms with E-state index < -0.39 is 0 Å². The second kappa shape index (κ2) is 7.46. The first-order valence-electron chi connectivity index (χ1n) is 7.42. The van der Waals surface area contributed by atoms with Gasteiger partial charge in [-0.1, -0.05) is 20.8 Å². The van der Waals surface area contributed by atoms with Crippen molar-refractivity contribution in [1.82, 2.24) is 9.80 Å². The summed E-state index contributed by atoms with van der Waals surface area (Å²) in [6.07, 6.45) is 3.52. The first-order chi connectivity index (χ1) is 8.40. The van der Waals surface area contributed by atoms with Crippen LogP contribution >= 0.6 is 0 Å². The summed E-state index contributed by atoms with van der Waals surface area (Å²) in [5.74, 6) is 0.490. The number of aliphatic hydroxyl groups is 1. The topological polar surface area (TPSA) is 26.7 Å². The van der Waals surface area contributed by atoms with Crippen molar-refractivity contribution in [2.75, 3.05) is 46.4 Å². The van der Waals surface area contributed by atoms with Crippen molar-refractivity contribution in [2.45, 2.75) is 40.0 Å². The van der Waals surface area contributed by atoms with Crippen LogP contribution in [0, 0.1) is 11.3 Å². The average molecular weight is 256 g/mol. The Labute approximate surface area is 113 Å². The van der Waals surface area contributed by atoms with Gasteiger partial charge in [0, 0.05) is 32.8 Å². The minimum absolute atomic E-state index is 0.351. The maximum Gasteiger partial charge on any atom is 0.0459 e. The van der Waals surface area contributed by atoms with Gasteiger partial charge in [-0.05, 0) is 44.2 Å². The summed E-state index contributed by atoms with van der Waals surface area (Å²) in [5, 5.41) is 9.47. The lowest BCUT2D eigenvalue weighted by atomic mass is 9.86. The van der Waals surface area contributed by atoms with E-state index in [2.05, 4.69) is 37.6 Å². The van der Waals surface area contributed by atoms with Crippen molar-refractivity contribution in [3.63, 3.8) is 0 Å². The molecule has 0 saturated carbocycles. The smallest absolute Gasteiger partial charge is 0.0459 e. The van der Waals surface area contributed by atoms with Crippen LogP contribution < -0.4 is 0 Å². The Balaban J connectivity index is 2.18. The van der Waals surface area contributed by atoms with Crippen LogP contribution in [0.3, 0.4) is 0 Å². The molecule has 3 nitrogen and oxygen atoms in total. The second-order valence-corrected chi connectivity index (χ2v) is 7.08. The van der Waals surface area contributed by atoms with Crippen LogP contribution in [0.1, 0.15) is 40.0 Å². The van der Waals surface area contributed by atoms with E-state index >= 15 is 0 Å². The summed E-state index contributed by atoms with van der Waals surface area (Å²) in [5.41, 5.74) is 0.390. The van der Waals surface area contributed by atoms with E-state index in [4.69, 9.17) is 0 Å². The molecule has 1 N–H and O–H groups in total. The van der Waals surface area contributed by atoms with Crippen molar-refractivity contribution in [3.8, 4) is 0 Å². The molecule has 0 spiro atoms. The maximum absolute atomic E-state index is 9.47. The fourth-order valence-corrected chi connectivity index (χ4v) is 2.40. The Morgan fingerprint density at radius 1 is 1.06 bits per heavy atom. The zero-order valence-electron chi connectivity index (χ0n) is 12.8. The molecule has 1 saturated heterocycles. The molecule has 108 valence electrons. The number of rotatable bonds is 6. The standard InChI is InChI=1S/C15H32N2O/c1-15(2,3)7-5-14(13-18)6-8-17-11-9-16(4)10-12-17/h14,18H,5-13H2,1-4H3/t14-/m1/s1. The number of nitrogens with zero attached hydrogens (tertiary/aromatic N) is 2. The lowest BCUT2D eigenvalue weighted by Gasteiger charge is -2.33. The zero-order valence-corrected chi connectivity index (χ0v) is 12.8. The first-order valence-corrected chi connectivity index (χ1v) is 7.42. The molecule has 0 bridgehead atoms. The molecule has 0 unspecified atom stereocenters. The van der Waals surface area contributed by atoms with E-state index in [1.807, 2.05) is 0 Å². The summed E-state index contributed by atoms with van der Waals surface area (Å²) in [6, 6.07) is 0. The molecule has 0 radical (unpaired) electrons. The van der Waals surface area contributed by atoms with E-state index in [9.17, 15) is 5.11 Å². The van der Waals surface area contributed by atoms with Gasteiger partial charge in [-0.3, -0.25) is 0 Å². The molecule has 1 heterocycles. The van der Waals surface area contributed by atoms with Crippen LogP contribution in [-0.2, 0) is 0 Å². The quantitative estimate of drug-likeness (QED) is 0.788. The van der Waals surface area contributed by atoms with Gasteiger partial charge in [0.25, 0.3) is 0 Å². The van der Waals surface area contributed by atoms with Gasteiger partial charge in [-0.2, -0.15) is 0 Å². The Morgan fingerprint density at radius 2 is 1.67 bits per heavy atom. The Morgan fingerprint density at radius 3 is 2.17 bits per heavy atom. The number of piperazine rings is 1. The molecule has 0 amide bonds. The number of likely N-dealkylation sites (N-methyl/N-ethyl adjacent to an activating group) is 1. The summed E-state index contributed by atoms with van der Waals surface area (Å²) >= 11 is 0. The SMILES string of the molecule is CN1CCN(CC[C@H](CO)CCC(C)(C)C)CC1. The fourth-order valence-electron chi connectivity index (χ4n) is 2.40. The molecule has 0 aromatic rings. The third kappa shape index (κ3) is 6.72. The first kappa shape index (κ1) is 15.9. The van der Waals surface area contributed by atoms with Crippen LogP contribution in [0.5, 0.6) is 0 Å². The average Bonchev–Trinajstić information content (AvgIpc) is 2.30. The van der Waals surface area contributed by atoms with E-state index in [-0.39, 0.29) is 0 Å². The van der Waals surface area contributed by atoms with Crippen molar-refractivity contribution >= 4 is 0 Å². The molecule has 0 aliphatic carbocycles. The molecule has 18 heavy (non-hydrogen) atoms. The van der Waals surface area contributed by atoms with Gasteiger partial charge in [0.15, 0.2) is 0 Å². The van der Waals surface area contributed by atoms with Crippen LogP contribution in [0.2, 0.25) is 0 Å². The van der Waals surface area contributed by atoms with Crippen molar-refractivity contribution in [1.29, 1.82) is 0 Å². The van der Waals surface area contributed by atoms with Crippen LogP contribution in [0.25, 0.3) is 0 Å². The van der Waals surface area contributed by atoms with Gasteiger partial charge >= 0.3 is 0 Å². The number of hydrogen-bond acceptors (Lipinski definition) is 3. The van der Waals surface area contributed by atoms with E-state index in [1.165, 1.54) is 32.6 Å². The Kier molecular flexibility index (Phi) is 6.61. The largest absolute Gasteiger partial charge is 0.396 e. The molecule has 1 aliphatic heterocycles. The zero-order chi connectivity index (χ0) is 13.6. The second-order valence-electron chi connectivity index (χ2n) is 7.08. The predicted octanol–water partition coefficient (Wildman–Crippen LogP) is 2.06. The summed E-state index contributed by atoms with van der Waals surface area (Å²) in [7, 11) is 2.19. The molecule has 1 rings (SSSR count). The van der Waals surface area contributed by atoms with Crippen molar-refractivity contribution in [3.05, 3.63) is 0 Å². The molecule has 3 heteroatoms. The van der Waals surface area contributed by atoms with Gasteiger partial charge < -0.3 is 14.9 Å². The van der Waals surface area contributed by atoms with Gasteiger partial charge in [0.1, 0.15) is 0 Å². The summed E-state index contributed by atoms with van der Waals surface area (Å²) in [6.45, 7) is 13.1. The fraction of sp³-hybridized carbons (Fsp3) is 1.00. The minimum atomic E-state index is 0.351. The highest BCUT2D eigenvalue weighted by atomic mass is 16.3. The monoisotopic (exact) mass is 256 g/mol. The molecule has 0 aromatic heterocycles. The lowest BCUT2D eigenvalue weighted by Crippen LogP contribution is -2.45. The van der Waals surface area contributed by atoms with Crippen LogP contribution in [-0.4, -0.2) is 61.3 Å². The maximum atomic E-state index is 9.47. The molecule has 1 atom stereocenters. The van der Waals surface area contributed by atoms with Gasteiger partial charge in [0.05, 0.1) is 0 Å². The molecule has 0 aromatic carbocycles. The normalized spacial score (nSPS) is 21.2. The summed E-state index contributed by atoms with van der Waals surface area (Å²) < 4.78 is 0. The minimum Gasteiger partial charge on any atom is -0.396 e. The highest BCUT2D eigenvalue weighted by molar-refractivity contribution is 4.72. The van der Waals surface area contributed by atoms with E-state index in [1.54, 1.807) is 0 Å². The van der Waals surface area contributed by atoms with Crippen LogP contribution in [0.15, 0.2) is 0 Å². The number of hydrogen-bond donors (Lipinski definition) is 1. The Hall–Kier alpha value is -0.120. The highest BCUT2D eigenvalue weighted by Crippen LogP contribution is 2.25. The Bertz CT molecular complexity index is 217. The van der Waals surface area contributed by atoms with Gasteiger partial charge in [-0.15, -0.1) is 0 Å². The third-order valence-corrected chi connectivity index (χ3v) is 4.01. The molecular weight excluding hydrogens is 224 g/mol. The third-order valence-electron chi connectivity index (χ3n) is 4.01. The predicted molar refractivity (Wildman–Crippen MR) is 77.8 cm³/mol. The lowest BCUT2D eigenvalue weighted by molar-refractivity contribution is 0.130. The molecular formula is C15H32N2O. The van der Waals surface area contributed by atoms with Crippen LogP contribution in [0.4, 0.5) is 0 Å². The highest BCUT2D eigenvalue weighted by Gasteiger charge is 2.18. The van der Waals surface area contributed by atoms with Crippen molar-refractivity contribution in [2.24, 2.45) is 11.3 Å². The molecule has 1 aliphatic rings. The van der Waals surface area contributed by atoms with E-state index in [0.717, 1.165) is 19.4 Å². The molecule has 1 fully saturated rings. The van der Waals surface area contributed by atoms with Gasteiger partial charge in [-0.25, -0.2) is 0 Å².